The number of urea groups is 1. The van der Waals surface area contributed by atoms with E-state index in [0.717, 1.165) is 22.8 Å². The number of nitrogens with zero attached hydrogens (tertiary/aromatic N) is 4. The molecule has 32 heavy (non-hydrogen) atoms. The third kappa shape index (κ3) is 4.91. The van der Waals surface area contributed by atoms with Crippen LogP contribution >= 0.6 is 11.6 Å². The maximum absolute atomic E-state index is 13.9. The van der Waals surface area contributed by atoms with Gasteiger partial charge in [-0.2, -0.15) is 0 Å². The zero-order chi connectivity index (χ0) is 22.5. The fourth-order valence-electron chi connectivity index (χ4n) is 3.48. The standard InChI is InChI=1S/C23H23ClFN5O2/c1-2-32-17-8-6-16(7-9-17)20-10-11-21(28-27-20)29-12-14-30(15-13-29)23(31)26-22-18(24)4-3-5-19(22)25/h3-11H,2,12-15H2,1H3,(H,26,31). The van der Waals surface area contributed by atoms with E-state index in [1.807, 2.05) is 43.3 Å². The van der Waals surface area contributed by atoms with Crippen molar-refractivity contribution in [1.82, 2.24) is 15.1 Å². The molecule has 4 rings (SSSR count). The Balaban J connectivity index is 1.34. The van der Waals surface area contributed by atoms with E-state index in [4.69, 9.17) is 16.3 Å². The van der Waals surface area contributed by atoms with Crippen LogP contribution in [0.15, 0.2) is 54.6 Å². The third-order valence-corrected chi connectivity index (χ3v) is 5.51. The van der Waals surface area contributed by atoms with Gasteiger partial charge < -0.3 is 19.9 Å². The first-order chi connectivity index (χ1) is 15.5. The van der Waals surface area contributed by atoms with Gasteiger partial charge in [-0.15, -0.1) is 10.2 Å². The Hall–Kier alpha value is -3.39. The molecule has 0 radical (unpaired) electrons. The molecule has 2 heterocycles. The van der Waals surface area contributed by atoms with E-state index in [2.05, 4.69) is 20.4 Å². The Morgan fingerprint density at radius 2 is 1.81 bits per heavy atom. The predicted octanol–water partition coefficient (Wildman–Crippen LogP) is 4.69. The van der Waals surface area contributed by atoms with Gasteiger partial charge in [0.05, 0.1) is 23.0 Å². The number of carbonyl (C=O) groups is 1. The number of rotatable bonds is 5. The van der Waals surface area contributed by atoms with Crippen molar-refractivity contribution in [2.24, 2.45) is 0 Å². The molecule has 3 aromatic rings. The lowest BCUT2D eigenvalue weighted by Crippen LogP contribution is -2.50. The zero-order valence-corrected chi connectivity index (χ0v) is 18.3. The van der Waals surface area contributed by atoms with Gasteiger partial charge in [0.15, 0.2) is 5.82 Å². The Labute approximate surface area is 190 Å². The fraction of sp³-hybridized carbons (Fsp3) is 0.261. The normalized spacial score (nSPS) is 13.7. The smallest absolute Gasteiger partial charge is 0.322 e. The first-order valence-electron chi connectivity index (χ1n) is 10.4. The molecule has 0 atom stereocenters. The average molecular weight is 456 g/mol. The van der Waals surface area contributed by atoms with Crippen LogP contribution in [0.4, 0.5) is 20.7 Å². The van der Waals surface area contributed by atoms with Crippen molar-refractivity contribution < 1.29 is 13.9 Å². The number of amides is 2. The summed E-state index contributed by atoms with van der Waals surface area (Å²) in [6.45, 7) is 4.70. The molecule has 1 aliphatic heterocycles. The minimum Gasteiger partial charge on any atom is -0.494 e. The number of ether oxygens (including phenoxy) is 1. The molecule has 2 amide bonds. The second kappa shape index (κ2) is 9.82. The van der Waals surface area contributed by atoms with Gasteiger partial charge in [-0.25, -0.2) is 9.18 Å². The van der Waals surface area contributed by atoms with Crippen LogP contribution in [0.2, 0.25) is 5.02 Å². The van der Waals surface area contributed by atoms with Crippen LogP contribution in [0.5, 0.6) is 5.75 Å². The molecule has 1 N–H and O–H groups in total. The molecule has 1 fully saturated rings. The summed E-state index contributed by atoms with van der Waals surface area (Å²) in [5, 5.41) is 11.4. The highest BCUT2D eigenvalue weighted by Crippen LogP contribution is 2.25. The highest BCUT2D eigenvalue weighted by atomic mass is 35.5. The van der Waals surface area contributed by atoms with Crippen LogP contribution < -0.4 is 15.0 Å². The van der Waals surface area contributed by atoms with Crippen LogP contribution in [0, 0.1) is 5.82 Å². The summed E-state index contributed by atoms with van der Waals surface area (Å²) < 4.78 is 19.4. The highest BCUT2D eigenvalue weighted by Gasteiger charge is 2.23. The Morgan fingerprint density at radius 3 is 2.44 bits per heavy atom. The molecule has 0 spiro atoms. The van der Waals surface area contributed by atoms with Crippen molar-refractivity contribution in [2.75, 3.05) is 43.0 Å². The largest absolute Gasteiger partial charge is 0.494 e. The number of hydrogen-bond donors (Lipinski definition) is 1. The molecule has 1 saturated heterocycles. The van der Waals surface area contributed by atoms with Gasteiger partial charge >= 0.3 is 6.03 Å². The molecular formula is C23H23ClFN5O2. The van der Waals surface area contributed by atoms with Gasteiger partial charge in [-0.05, 0) is 55.5 Å². The third-order valence-electron chi connectivity index (χ3n) is 5.20. The number of para-hydroxylation sites is 1. The number of nitrogens with one attached hydrogen (secondary N) is 1. The van der Waals surface area contributed by atoms with Crippen LogP contribution in [-0.4, -0.2) is 53.9 Å². The number of benzene rings is 2. The van der Waals surface area contributed by atoms with Crippen molar-refractivity contribution in [2.45, 2.75) is 6.92 Å². The van der Waals surface area contributed by atoms with Gasteiger partial charge in [0.1, 0.15) is 11.6 Å². The van der Waals surface area contributed by atoms with E-state index in [9.17, 15) is 9.18 Å². The van der Waals surface area contributed by atoms with E-state index < -0.39 is 5.82 Å². The van der Waals surface area contributed by atoms with Crippen LogP contribution in [0.1, 0.15) is 6.92 Å². The lowest BCUT2D eigenvalue weighted by atomic mass is 10.1. The number of aromatic nitrogens is 2. The molecular weight excluding hydrogens is 433 g/mol. The fourth-order valence-corrected chi connectivity index (χ4v) is 3.69. The van der Waals surface area contributed by atoms with E-state index in [1.54, 1.807) is 4.90 Å². The SMILES string of the molecule is CCOc1ccc(-c2ccc(N3CCN(C(=O)Nc4c(F)cccc4Cl)CC3)nn2)cc1. The van der Waals surface area contributed by atoms with Crippen molar-refractivity contribution >= 4 is 29.1 Å². The minimum absolute atomic E-state index is 0.00246. The first-order valence-corrected chi connectivity index (χ1v) is 10.7. The summed E-state index contributed by atoms with van der Waals surface area (Å²) in [6.07, 6.45) is 0. The van der Waals surface area contributed by atoms with Gasteiger partial charge in [0.25, 0.3) is 0 Å². The summed E-state index contributed by atoms with van der Waals surface area (Å²) in [7, 11) is 0. The molecule has 9 heteroatoms. The Bertz CT molecular complexity index is 1050. The minimum atomic E-state index is -0.563. The number of carbonyl (C=O) groups excluding carboxylic acids is 1. The monoisotopic (exact) mass is 455 g/mol. The molecule has 0 saturated carbocycles. The van der Waals surface area contributed by atoms with Crippen LogP contribution in [0.3, 0.4) is 0 Å². The van der Waals surface area contributed by atoms with Gasteiger partial charge in [-0.1, -0.05) is 17.7 Å². The molecule has 7 nitrogen and oxygen atoms in total. The number of anilines is 2. The molecule has 0 aliphatic carbocycles. The summed E-state index contributed by atoms with van der Waals surface area (Å²) in [6, 6.07) is 15.5. The molecule has 0 bridgehead atoms. The van der Waals surface area contributed by atoms with Crippen molar-refractivity contribution in [3.8, 4) is 17.0 Å². The van der Waals surface area contributed by atoms with Crippen molar-refractivity contribution in [3.05, 3.63) is 65.4 Å². The first kappa shape index (κ1) is 21.8. The van der Waals surface area contributed by atoms with E-state index in [0.29, 0.717) is 32.8 Å². The van der Waals surface area contributed by atoms with Crippen molar-refractivity contribution in [3.63, 3.8) is 0 Å². The van der Waals surface area contributed by atoms with E-state index in [-0.39, 0.29) is 16.7 Å². The number of piperazine rings is 1. The maximum atomic E-state index is 13.9. The van der Waals surface area contributed by atoms with Gasteiger partial charge in [0, 0.05) is 31.7 Å². The molecule has 0 unspecified atom stereocenters. The lowest BCUT2D eigenvalue weighted by Gasteiger charge is -2.35. The maximum Gasteiger partial charge on any atom is 0.322 e. The van der Waals surface area contributed by atoms with Crippen LogP contribution in [-0.2, 0) is 0 Å². The van der Waals surface area contributed by atoms with Crippen LogP contribution in [0.25, 0.3) is 11.3 Å². The van der Waals surface area contributed by atoms with Gasteiger partial charge in [0.2, 0.25) is 0 Å². The molecule has 2 aromatic carbocycles. The summed E-state index contributed by atoms with van der Waals surface area (Å²) in [5.41, 5.74) is 1.73. The zero-order valence-electron chi connectivity index (χ0n) is 17.6. The lowest BCUT2D eigenvalue weighted by molar-refractivity contribution is 0.208. The van der Waals surface area contributed by atoms with E-state index >= 15 is 0 Å². The summed E-state index contributed by atoms with van der Waals surface area (Å²) >= 11 is 5.99. The Morgan fingerprint density at radius 1 is 1.06 bits per heavy atom. The topological polar surface area (TPSA) is 70.6 Å². The number of hydrogen-bond acceptors (Lipinski definition) is 5. The second-order valence-corrected chi connectivity index (χ2v) is 7.64. The molecule has 1 aliphatic rings. The number of halogens is 2. The van der Waals surface area contributed by atoms with E-state index in [1.165, 1.54) is 18.2 Å². The molecule has 166 valence electrons. The second-order valence-electron chi connectivity index (χ2n) is 7.24. The highest BCUT2D eigenvalue weighted by molar-refractivity contribution is 6.33. The van der Waals surface area contributed by atoms with Gasteiger partial charge in [-0.3, -0.25) is 0 Å². The average Bonchev–Trinajstić information content (AvgIpc) is 2.82. The molecule has 1 aromatic heterocycles. The summed E-state index contributed by atoms with van der Waals surface area (Å²) in [4.78, 5) is 16.2. The Kier molecular flexibility index (Phi) is 6.70. The van der Waals surface area contributed by atoms with Crippen molar-refractivity contribution in [1.29, 1.82) is 0 Å². The summed E-state index contributed by atoms with van der Waals surface area (Å²) in [5.74, 6) is 1.00. The predicted molar refractivity (Wildman–Crippen MR) is 123 cm³/mol. The quantitative estimate of drug-likeness (QED) is 0.604.